The average Bonchev–Trinajstić information content (AvgIpc) is 3.20. The van der Waals surface area contributed by atoms with Crippen LogP contribution in [-0.4, -0.2) is 14.5 Å². The molecule has 0 radical (unpaired) electrons. The molecule has 27 heavy (non-hydrogen) atoms. The molecule has 0 saturated heterocycles. The maximum Gasteiger partial charge on any atom is 0.214 e. The summed E-state index contributed by atoms with van der Waals surface area (Å²) in [5.74, 6) is 0.0437. The molecule has 134 valence electrons. The molecule has 2 aromatic carbocycles. The molecule has 0 saturated carbocycles. The van der Waals surface area contributed by atoms with E-state index in [1.165, 1.54) is 11.6 Å². The van der Waals surface area contributed by atoms with E-state index in [4.69, 9.17) is 0 Å². The molecule has 0 aliphatic carbocycles. The van der Waals surface area contributed by atoms with Gasteiger partial charge in [-0.05, 0) is 34.4 Å². The molecule has 4 rings (SSSR count). The minimum absolute atomic E-state index is 0.484. The number of imidazole rings is 1. The highest BCUT2D eigenvalue weighted by molar-refractivity contribution is 5.68. The van der Waals surface area contributed by atoms with Crippen molar-refractivity contribution in [2.24, 2.45) is 0 Å². The Morgan fingerprint density at radius 1 is 0.926 bits per heavy atom. The van der Waals surface area contributed by atoms with Gasteiger partial charge in [0.1, 0.15) is 5.82 Å². The summed E-state index contributed by atoms with van der Waals surface area (Å²) in [5, 5.41) is 3.19. The Kier molecular flexibility index (Phi) is 4.92. The minimum atomic E-state index is -0.484. The van der Waals surface area contributed by atoms with E-state index in [0.717, 1.165) is 23.2 Å². The van der Waals surface area contributed by atoms with Crippen LogP contribution in [0.25, 0.3) is 11.1 Å². The lowest BCUT2D eigenvalue weighted by molar-refractivity contribution is 0.585. The first-order valence-corrected chi connectivity index (χ1v) is 8.77. The number of anilines is 1. The number of rotatable bonds is 6. The van der Waals surface area contributed by atoms with Gasteiger partial charge in [-0.15, -0.1) is 0 Å². The van der Waals surface area contributed by atoms with Crippen molar-refractivity contribution >= 4 is 5.82 Å². The van der Waals surface area contributed by atoms with Crippen molar-refractivity contribution in [2.75, 3.05) is 5.32 Å². The van der Waals surface area contributed by atoms with E-state index in [9.17, 15) is 4.39 Å². The van der Waals surface area contributed by atoms with Crippen molar-refractivity contribution in [3.63, 3.8) is 0 Å². The van der Waals surface area contributed by atoms with E-state index in [0.29, 0.717) is 12.4 Å². The Morgan fingerprint density at radius 3 is 2.56 bits per heavy atom. The number of nitrogens with zero attached hydrogens (tertiary/aromatic N) is 3. The molecule has 0 aliphatic heterocycles. The van der Waals surface area contributed by atoms with Crippen LogP contribution in [0.1, 0.15) is 11.1 Å². The van der Waals surface area contributed by atoms with Crippen LogP contribution in [0.2, 0.25) is 0 Å². The molecule has 0 spiro atoms. The summed E-state index contributed by atoms with van der Waals surface area (Å²) < 4.78 is 15.3. The maximum absolute atomic E-state index is 13.3. The second kappa shape index (κ2) is 7.83. The van der Waals surface area contributed by atoms with Gasteiger partial charge in [0.05, 0.1) is 6.33 Å². The smallest absolute Gasteiger partial charge is 0.214 e. The molecular weight excluding hydrogens is 339 g/mol. The first-order chi connectivity index (χ1) is 13.3. The molecule has 0 aliphatic rings. The normalized spacial score (nSPS) is 10.7. The Morgan fingerprint density at radius 2 is 1.78 bits per heavy atom. The summed E-state index contributed by atoms with van der Waals surface area (Å²) in [6.07, 6.45) is 5.55. The molecule has 0 atom stereocenters. The van der Waals surface area contributed by atoms with Crippen molar-refractivity contribution in [3.8, 4) is 11.1 Å². The first-order valence-electron chi connectivity index (χ1n) is 8.77. The van der Waals surface area contributed by atoms with E-state index in [-0.39, 0.29) is 0 Å². The molecule has 0 bridgehead atoms. The van der Waals surface area contributed by atoms with Crippen LogP contribution >= 0.6 is 0 Å². The lowest BCUT2D eigenvalue weighted by Crippen LogP contribution is -2.03. The number of halogens is 1. The zero-order valence-electron chi connectivity index (χ0n) is 14.7. The fourth-order valence-electron chi connectivity index (χ4n) is 3.03. The lowest BCUT2D eigenvalue weighted by Gasteiger charge is -2.12. The van der Waals surface area contributed by atoms with Crippen LogP contribution in [0, 0.1) is 5.95 Å². The standard InChI is InChI=1S/C22H19FN4/c23-21-6-3-7-22(26-21)25-14-19-4-1-2-5-20(19)18-10-8-17(9-11-18)15-27-13-12-24-16-27/h1-13,16H,14-15H2,(H,25,26). The highest BCUT2D eigenvalue weighted by Gasteiger charge is 2.06. The maximum atomic E-state index is 13.3. The summed E-state index contributed by atoms with van der Waals surface area (Å²) in [5.41, 5.74) is 4.65. The average molecular weight is 358 g/mol. The number of pyridine rings is 1. The van der Waals surface area contributed by atoms with Crippen LogP contribution in [0.3, 0.4) is 0 Å². The fourth-order valence-corrected chi connectivity index (χ4v) is 3.03. The topological polar surface area (TPSA) is 42.7 Å². The molecule has 0 amide bonds. The van der Waals surface area contributed by atoms with Crippen molar-refractivity contribution in [1.29, 1.82) is 0 Å². The van der Waals surface area contributed by atoms with Gasteiger partial charge < -0.3 is 9.88 Å². The summed E-state index contributed by atoms with van der Waals surface area (Å²) in [7, 11) is 0. The van der Waals surface area contributed by atoms with Crippen LogP contribution in [0.5, 0.6) is 0 Å². The molecule has 0 unspecified atom stereocenters. The highest BCUT2D eigenvalue weighted by atomic mass is 19.1. The van der Waals surface area contributed by atoms with E-state index < -0.39 is 5.95 Å². The van der Waals surface area contributed by atoms with Gasteiger partial charge in [0.25, 0.3) is 0 Å². The Hall–Kier alpha value is -3.47. The molecule has 4 nitrogen and oxygen atoms in total. The van der Waals surface area contributed by atoms with Crippen molar-refractivity contribution < 1.29 is 4.39 Å². The number of aromatic nitrogens is 3. The third-order valence-corrected chi connectivity index (χ3v) is 4.38. The molecule has 5 heteroatoms. The van der Waals surface area contributed by atoms with E-state index in [2.05, 4.69) is 51.7 Å². The summed E-state index contributed by atoms with van der Waals surface area (Å²) in [6.45, 7) is 1.37. The largest absolute Gasteiger partial charge is 0.366 e. The van der Waals surface area contributed by atoms with E-state index in [1.54, 1.807) is 18.3 Å². The predicted molar refractivity (Wildman–Crippen MR) is 105 cm³/mol. The third kappa shape index (κ3) is 4.20. The fraction of sp³-hybridized carbons (Fsp3) is 0.0909. The molecule has 1 N–H and O–H groups in total. The summed E-state index contributed by atoms with van der Waals surface area (Å²) in [6, 6.07) is 21.5. The quantitative estimate of drug-likeness (QED) is 0.506. The van der Waals surface area contributed by atoms with Gasteiger partial charge in [-0.1, -0.05) is 54.6 Å². The van der Waals surface area contributed by atoms with Gasteiger partial charge in [-0.25, -0.2) is 9.97 Å². The highest BCUT2D eigenvalue weighted by Crippen LogP contribution is 2.25. The molecular formula is C22H19FN4. The van der Waals surface area contributed by atoms with Crippen LogP contribution in [0.15, 0.2) is 85.5 Å². The number of benzene rings is 2. The van der Waals surface area contributed by atoms with Crippen LogP contribution in [-0.2, 0) is 13.1 Å². The first kappa shape index (κ1) is 17.0. The monoisotopic (exact) mass is 358 g/mol. The van der Waals surface area contributed by atoms with Crippen LogP contribution in [0.4, 0.5) is 10.2 Å². The number of hydrogen-bond acceptors (Lipinski definition) is 3. The summed E-state index contributed by atoms with van der Waals surface area (Å²) >= 11 is 0. The van der Waals surface area contributed by atoms with Gasteiger partial charge in [-0.3, -0.25) is 0 Å². The van der Waals surface area contributed by atoms with Gasteiger partial charge in [0.2, 0.25) is 5.95 Å². The third-order valence-electron chi connectivity index (χ3n) is 4.38. The number of hydrogen-bond donors (Lipinski definition) is 1. The van der Waals surface area contributed by atoms with Gasteiger partial charge in [0.15, 0.2) is 0 Å². The van der Waals surface area contributed by atoms with Crippen molar-refractivity contribution in [3.05, 3.63) is 103 Å². The van der Waals surface area contributed by atoms with Crippen molar-refractivity contribution in [2.45, 2.75) is 13.1 Å². The van der Waals surface area contributed by atoms with E-state index in [1.807, 2.05) is 29.2 Å². The zero-order chi connectivity index (χ0) is 18.5. The Balaban J connectivity index is 1.51. The predicted octanol–water partition coefficient (Wildman–Crippen LogP) is 4.74. The van der Waals surface area contributed by atoms with E-state index >= 15 is 0 Å². The van der Waals surface area contributed by atoms with Crippen molar-refractivity contribution in [1.82, 2.24) is 14.5 Å². The molecule has 4 aromatic rings. The summed E-state index contributed by atoms with van der Waals surface area (Å²) in [4.78, 5) is 7.93. The Bertz CT molecular complexity index is 1010. The van der Waals surface area contributed by atoms with Gasteiger partial charge in [0, 0.05) is 25.5 Å². The SMILES string of the molecule is Fc1cccc(NCc2ccccc2-c2ccc(Cn3ccnc3)cc2)n1. The molecule has 2 heterocycles. The minimum Gasteiger partial charge on any atom is -0.366 e. The van der Waals surface area contributed by atoms with Gasteiger partial charge >= 0.3 is 0 Å². The zero-order valence-corrected chi connectivity index (χ0v) is 14.7. The Labute approximate surface area is 157 Å². The van der Waals surface area contributed by atoms with Crippen LogP contribution < -0.4 is 5.32 Å². The lowest BCUT2D eigenvalue weighted by atomic mass is 9.98. The second-order valence-corrected chi connectivity index (χ2v) is 6.29. The second-order valence-electron chi connectivity index (χ2n) is 6.29. The molecule has 0 fully saturated rings. The number of nitrogens with one attached hydrogen (secondary N) is 1. The van der Waals surface area contributed by atoms with Gasteiger partial charge in [-0.2, -0.15) is 4.39 Å². The molecule has 2 aromatic heterocycles.